The highest BCUT2D eigenvalue weighted by Gasteiger charge is 2.40. The number of benzene rings is 1. The molecule has 0 aliphatic carbocycles. The van der Waals surface area contributed by atoms with Crippen molar-refractivity contribution in [2.45, 2.75) is 35.9 Å². The quantitative estimate of drug-likeness (QED) is 0.431. The van der Waals surface area contributed by atoms with Crippen LogP contribution in [-0.4, -0.2) is 68.3 Å². The summed E-state index contributed by atoms with van der Waals surface area (Å²) in [6, 6.07) is 8.15. The molecule has 0 spiro atoms. The summed E-state index contributed by atoms with van der Waals surface area (Å²) in [6.45, 7) is 1.60. The maximum absolute atomic E-state index is 13.9. The summed E-state index contributed by atoms with van der Waals surface area (Å²) >= 11 is 8.92. The smallest absolute Gasteiger partial charge is 0.253 e. The minimum absolute atomic E-state index is 0.219. The van der Waals surface area contributed by atoms with Crippen LogP contribution in [0, 0.1) is 0 Å². The van der Waals surface area contributed by atoms with Crippen LogP contribution in [0.25, 0.3) is 10.2 Å². The zero-order chi connectivity index (χ0) is 23.6. The highest BCUT2D eigenvalue weighted by atomic mass is 35.5. The van der Waals surface area contributed by atoms with Gasteiger partial charge < -0.3 is 4.90 Å². The van der Waals surface area contributed by atoms with Crippen LogP contribution in [0.4, 0.5) is 5.13 Å². The highest BCUT2D eigenvalue weighted by molar-refractivity contribution is 7.91. The van der Waals surface area contributed by atoms with Crippen molar-refractivity contribution in [2.24, 2.45) is 0 Å². The largest absolute Gasteiger partial charge is 0.309 e. The molecule has 33 heavy (non-hydrogen) atoms. The standard InChI is InChI=1S/C22H27ClN4O3S3/c1-25(2)12-7-13-26(22-24-20-16(23)8-5-10-18(20)32-22)21(28)17-9-3-4-14-27(17)33(29,30)19-11-6-15-31-19/h5-6,8,10-11,15,17H,3-4,7,9,12-14H2,1-2H3. The summed E-state index contributed by atoms with van der Waals surface area (Å²) in [5.74, 6) is -0.219. The summed E-state index contributed by atoms with van der Waals surface area (Å²) in [6.07, 6.45) is 2.79. The van der Waals surface area contributed by atoms with Gasteiger partial charge in [0.05, 0.1) is 9.72 Å². The van der Waals surface area contributed by atoms with Crippen molar-refractivity contribution in [1.82, 2.24) is 14.2 Å². The lowest BCUT2D eigenvalue weighted by atomic mass is 10.0. The van der Waals surface area contributed by atoms with Gasteiger partial charge >= 0.3 is 0 Å². The molecule has 3 heterocycles. The number of aromatic nitrogens is 1. The number of thiophene rings is 1. The van der Waals surface area contributed by atoms with E-state index in [0.29, 0.717) is 35.2 Å². The second-order valence-electron chi connectivity index (χ2n) is 8.29. The fourth-order valence-electron chi connectivity index (χ4n) is 4.01. The number of anilines is 1. The third-order valence-corrected chi connectivity index (χ3v) is 10.3. The van der Waals surface area contributed by atoms with E-state index in [4.69, 9.17) is 11.6 Å². The van der Waals surface area contributed by atoms with E-state index < -0.39 is 16.1 Å². The number of nitrogens with zero attached hydrogens (tertiary/aromatic N) is 4. The number of piperidine rings is 1. The first kappa shape index (κ1) is 24.6. The molecule has 4 rings (SSSR count). The van der Waals surface area contributed by atoms with E-state index in [1.165, 1.54) is 27.0 Å². The summed E-state index contributed by atoms with van der Waals surface area (Å²) < 4.78 is 29.2. The third kappa shape index (κ3) is 5.26. The predicted molar refractivity (Wildman–Crippen MR) is 136 cm³/mol. The number of sulfonamides is 1. The summed E-state index contributed by atoms with van der Waals surface area (Å²) in [5, 5.41) is 2.84. The summed E-state index contributed by atoms with van der Waals surface area (Å²) in [5.41, 5.74) is 0.663. The molecule has 1 fully saturated rings. The van der Waals surface area contributed by atoms with Crippen molar-refractivity contribution < 1.29 is 13.2 Å². The van der Waals surface area contributed by atoms with Crippen LogP contribution in [0.15, 0.2) is 39.9 Å². The SMILES string of the molecule is CN(C)CCCN(C(=O)C1CCCCN1S(=O)(=O)c1cccs1)c1nc2c(Cl)cccc2s1. The van der Waals surface area contributed by atoms with Crippen molar-refractivity contribution >= 4 is 65.6 Å². The Labute approximate surface area is 207 Å². The van der Waals surface area contributed by atoms with Crippen LogP contribution in [0.2, 0.25) is 5.02 Å². The normalized spacial score (nSPS) is 17.6. The number of hydrogen-bond acceptors (Lipinski definition) is 7. The van der Waals surface area contributed by atoms with E-state index in [-0.39, 0.29) is 10.1 Å². The Morgan fingerprint density at radius 2 is 2.03 bits per heavy atom. The van der Waals surface area contributed by atoms with E-state index in [2.05, 4.69) is 9.88 Å². The number of hydrogen-bond donors (Lipinski definition) is 0. The van der Waals surface area contributed by atoms with E-state index in [1.54, 1.807) is 28.5 Å². The van der Waals surface area contributed by atoms with Gasteiger partial charge in [-0.05, 0) is 63.5 Å². The summed E-state index contributed by atoms with van der Waals surface area (Å²) in [7, 11) is 0.237. The molecule has 178 valence electrons. The van der Waals surface area contributed by atoms with Gasteiger partial charge in [-0.2, -0.15) is 4.31 Å². The Morgan fingerprint density at radius 3 is 2.73 bits per heavy atom. The topological polar surface area (TPSA) is 73.8 Å². The molecular formula is C22H27ClN4O3S3. The number of para-hydroxylation sites is 1. The van der Waals surface area contributed by atoms with Crippen LogP contribution in [0.3, 0.4) is 0 Å². The molecule has 0 saturated carbocycles. The van der Waals surface area contributed by atoms with Gasteiger partial charge in [0.25, 0.3) is 10.0 Å². The molecule has 1 amide bonds. The monoisotopic (exact) mass is 526 g/mol. The first-order valence-corrected chi connectivity index (χ1v) is 14.4. The van der Waals surface area contributed by atoms with Gasteiger partial charge in [-0.15, -0.1) is 11.3 Å². The number of halogens is 1. The molecule has 11 heteroatoms. The average Bonchev–Trinajstić information content (AvgIpc) is 3.47. The second kappa shape index (κ2) is 10.4. The minimum atomic E-state index is -3.74. The molecule has 1 aromatic carbocycles. The van der Waals surface area contributed by atoms with Crippen LogP contribution < -0.4 is 4.90 Å². The van der Waals surface area contributed by atoms with Gasteiger partial charge in [-0.25, -0.2) is 13.4 Å². The Hall–Kier alpha value is -1.56. The van der Waals surface area contributed by atoms with Gasteiger partial charge in [-0.1, -0.05) is 41.5 Å². The second-order valence-corrected chi connectivity index (χ2v) is 12.8. The molecule has 0 radical (unpaired) electrons. The molecule has 0 bridgehead atoms. The van der Waals surface area contributed by atoms with Gasteiger partial charge in [0.1, 0.15) is 15.8 Å². The molecule has 0 N–H and O–H groups in total. The number of carbonyl (C=O) groups excluding carboxylic acids is 1. The molecule has 7 nitrogen and oxygen atoms in total. The first-order chi connectivity index (χ1) is 15.8. The third-order valence-electron chi connectivity index (χ3n) is 5.64. The van der Waals surface area contributed by atoms with Crippen molar-refractivity contribution in [2.75, 3.05) is 38.6 Å². The van der Waals surface area contributed by atoms with E-state index in [1.807, 2.05) is 26.2 Å². The van der Waals surface area contributed by atoms with Gasteiger partial charge in [0.2, 0.25) is 5.91 Å². The molecule has 3 aromatic rings. The van der Waals surface area contributed by atoms with Crippen molar-refractivity contribution in [3.63, 3.8) is 0 Å². The molecule has 1 aliphatic heterocycles. The maximum atomic E-state index is 13.9. The number of thiazole rings is 1. The van der Waals surface area contributed by atoms with Crippen LogP contribution in [0.5, 0.6) is 0 Å². The van der Waals surface area contributed by atoms with Crippen molar-refractivity contribution in [3.8, 4) is 0 Å². The number of rotatable bonds is 8. The van der Waals surface area contributed by atoms with E-state index in [0.717, 1.165) is 30.5 Å². The molecule has 1 unspecified atom stereocenters. The lowest BCUT2D eigenvalue weighted by molar-refractivity contribution is -0.123. The average molecular weight is 527 g/mol. The zero-order valence-electron chi connectivity index (χ0n) is 18.6. The van der Waals surface area contributed by atoms with Gasteiger partial charge in [-0.3, -0.25) is 9.69 Å². The minimum Gasteiger partial charge on any atom is -0.309 e. The van der Waals surface area contributed by atoms with Crippen LogP contribution in [-0.2, 0) is 14.8 Å². The Kier molecular flexibility index (Phi) is 7.72. The fourth-order valence-corrected chi connectivity index (χ4v) is 8.08. The lowest BCUT2D eigenvalue weighted by Crippen LogP contribution is -2.53. The summed E-state index contributed by atoms with van der Waals surface area (Å²) in [4.78, 5) is 22.3. The Morgan fingerprint density at radius 1 is 1.21 bits per heavy atom. The van der Waals surface area contributed by atoms with Gasteiger partial charge in [0.15, 0.2) is 5.13 Å². The van der Waals surface area contributed by atoms with Crippen molar-refractivity contribution in [1.29, 1.82) is 0 Å². The number of amides is 1. The van der Waals surface area contributed by atoms with Gasteiger partial charge in [0, 0.05) is 13.1 Å². The maximum Gasteiger partial charge on any atom is 0.253 e. The Balaban J connectivity index is 1.68. The molecule has 1 saturated heterocycles. The molecule has 1 aliphatic rings. The highest BCUT2D eigenvalue weighted by Crippen LogP contribution is 2.35. The Bertz CT molecular complexity index is 1210. The number of fused-ring (bicyclic) bond motifs is 1. The predicted octanol–water partition coefficient (Wildman–Crippen LogP) is 4.54. The fraction of sp³-hybridized carbons (Fsp3) is 0.455. The van der Waals surface area contributed by atoms with E-state index in [9.17, 15) is 13.2 Å². The first-order valence-electron chi connectivity index (χ1n) is 10.9. The lowest BCUT2D eigenvalue weighted by Gasteiger charge is -2.36. The molecule has 1 atom stereocenters. The zero-order valence-corrected chi connectivity index (χ0v) is 21.8. The van der Waals surface area contributed by atoms with Crippen molar-refractivity contribution in [3.05, 3.63) is 40.7 Å². The number of carbonyl (C=O) groups is 1. The van der Waals surface area contributed by atoms with E-state index >= 15 is 0 Å². The molecule has 2 aromatic heterocycles. The van der Waals surface area contributed by atoms with Crippen LogP contribution >= 0.6 is 34.3 Å². The van der Waals surface area contributed by atoms with Crippen LogP contribution in [0.1, 0.15) is 25.7 Å². The molecular weight excluding hydrogens is 500 g/mol.